The fourth-order valence-electron chi connectivity index (χ4n) is 0.562. The topological polar surface area (TPSA) is 51.2 Å². The summed E-state index contributed by atoms with van der Waals surface area (Å²) in [7, 11) is 0. The van der Waals surface area contributed by atoms with Gasteiger partial charge in [0, 0.05) is 0 Å². The van der Waals surface area contributed by atoms with Crippen molar-refractivity contribution in [2.45, 2.75) is 25.6 Å². The van der Waals surface area contributed by atoms with Gasteiger partial charge in [0.15, 0.2) is 16.9 Å². The molecule has 0 aromatic rings. The van der Waals surface area contributed by atoms with Gasteiger partial charge in [0.1, 0.15) is 5.78 Å². The standard InChI is InChI=1S/C7H9ClO3/c1-4(9)3-6(11)7(8)5(2)10/h7H,3H2,1-2H3. The van der Waals surface area contributed by atoms with Gasteiger partial charge in [0.05, 0.1) is 6.42 Å². The van der Waals surface area contributed by atoms with E-state index >= 15 is 0 Å². The summed E-state index contributed by atoms with van der Waals surface area (Å²) in [5.74, 6) is -1.22. The quantitative estimate of drug-likeness (QED) is 0.469. The Kier molecular flexibility index (Phi) is 3.97. The van der Waals surface area contributed by atoms with E-state index in [1.807, 2.05) is 0 Å². The second-order valence-corrected chi connectivity index (χ2v) is 2.75. The summed E-state index contributed by atoms with van der Waals surface area (Å²) in [6.45, 7) is 2.50. The minimum absolute atomic E-state index is 0.256. The highest BCUT2D eigenvalue weighted by atomic mass is 35.5. The number of halogens is 1. The smallest absolute Gasteiger partial charge is 0.165 e. The Hall–Kier alpha value is -0.700. The molecule has 0 aromatic heterocycles. The summed E-state index contributed by atoms with van der Waals surface area (Å²) in [5.41, 5.74) is 0. The molecule has 0 heterocycles. The summed E-state index contributed by atoms with van der Waals surface area (Å²) in [4.78, 5) is 31.7. The maximum Gasteiger partial charge on any atom is 0.165 e. The van der Waals surface area contributed by atoms with E-state index in [4.69, 9.17) is 11.6 Å². The van der Waals surface area contributed by atoms with Crippen LogP contribution in [0.4, 0.5) is 0 Å². The van der Waals surface area contributed by atoms with E-state index in [2.05, 4.69) is 0 Å². The van der Waals surface area contributed by atoms with Gasteiger partial charge < -0.3 is 0 Å². The second kappa shape index (κ2) is 4.23. The minimum Gasteiger partial charge on any atom is -0.300 e. The first-order valence-corrected chi connectivity index (χ1v) is 3.55. The molecule has 0 saturated carbocycles. The molecule has 0 aliphatic carbocycles. The molecule has 0 bridgehead atoms. The van der Waals surface area contributed by atoms with Crippen molar-refractivity contribution in [1.82, 2.24) is 0 Å². The Morgan fingerprint density at radius 2 is 1.73 bits per heavy atom. The Labute approximate surface area is 69.7 Å². The van der Waals surface area contributed by atoms with Gasteiger partial charge in [0.25, 0.3) is 0 Å². The molecule has 3 nitrogen and oxygen atoms in total. The van der Waals surface area contributed by atoms with Crippen molar-refractivity contribution in [2.24, 2.45) is 0 Å². The molecule has 0 aromatic carbocycles. The predicted molar refractivity (Wildman–Crippen MR) is 40.6 cm³/mol. The molecule has 0 N–H and O–H groups in total. The summed E-state index contributed by atoms with van der Waals surface area (Å²) in [6.07, 6.45) is -0.256. The Morgan fingerprint density at radius 3 is 2.00 bits per heavy atom. The van der Waals surface area contributed by atoms with Gasteiger partial charge in [-0.05, 0) is 13.8 Å². The zero-order valence-corrected chi connectivity index (χ0v) is 7.14. The zero-order chi connectivity index (χ0) is 9.02. The van der Waals surface area contributed by atoms with Crippen molar-refractivity contribution >= 4 is 29.0 Å². The Morgan fingerprint density at radius 1 is 1.27 bits per heavy atom. The number of rotatable bonds is 4. The molecule has 1 atom stereocenters. The van der Waals surface area contributed by atoms with E-state index in [1.54, 1.807) is 0 Å². The molecule has 1 unspecified atom stereocenters. The van der Waals surface area contributed by atoms with E-state index in [1.165, 1.54) is 13.8 Å². The molecule has 62 valence electrons. The number of hydrogen-bond donors (Lipinski definition) is 0. The first-order valence-electron chi connectivity index (χ1n) is 3.12. The molecule has 0 radical (unpaired) electrons. The van der Waals surface area contributed by atoms with Gasteiger partial charge in [-0.3, -0.25) is 14.4 Å². The van der Waals surface area contributed by atoms with Crippen molar-refractivity contribution in [1.29, 1.82) is 0 Å². The third-order valence-electron chi connectivity index (χ3n) is 1.06. The van der Waals surface area contributed by atoms with E-state index in [-0.39, 0.29) is 12.2 Å². The van der Waals surface area contributed by atoms with Crippen molar-refractivity contribution in [3.05, 3.63) is 0 Å². The predicted octanol–water partition coefficient (Wildman–Crippen LogP) is 0.731. The van der Waals surface area contributed by atoms with Crippen LogP contribution in [0.5, 0.6) is 0 Å². The molecule has 11 heavy (non-hydrogen) atoms. The lowest BCUT2D eigenvalue weighted by Gasteiger charge is -2.00. The normalized spacial score (nSPS) is 12.3. The highest BCUT2D eigenvalue weighted by Crippen LogP contribution is 2.02. The lowest BCUT2D eigenvalue weighted by molar-refractivity contribution is -0.128. The fourth-order valence-corrected chi connectivity index (χ4v) is 0.639. The van der Waals surface area contributed by atoms with Crippen molar-refractivity contribution in [3.8, 4) is 0 Å². The highest BCUT2D eigenvalue weighted by molar-refractivity contribution is 6.42. The maximum atomic E-state index is 10.8. The average Bonchev–Trinajstić information content (AvgIpc) is 1.84. The molecule has 0 rings (SSSR count). The molecule has 0 amide bonds. The Bertz CT molecular complexity index is 198. The van der Waals surface area contributed by atoms with Crippen molar-refractivity contribution < 1.29 is 14.4 Å². The summed E-state index contributed by atoms with van der Waals surface area (Å²) < 4.78 is 0. The van der Waals surface area contributed by atoms with Gasteiger partial charge in [0.2, 0.25) is 0 Å². The molecule has 0 aliphatic rings. The van der Waals surface area contributed by atoms with Crippen LogP contribution in [0.3, 0.4) is 0 Å². The van der Waals surface area contributed by atoms with Gasteiger partial charge in [-0.1, -0.05) is 0 Å². The monoisotopic (exact) mass is 176 g/mol. The summed E-state index contributed by atoms with van der Waals surface area (Å²) in [5, 5.41) is -1.15. The maximum absolute atomic E-state index is 10.8. The number of Topliss-reactive ketones (excluding diaryl/α,β-unsaturated/α-hetero) is 3. The molecular formula is C7H9ClO3. The largest absolute Gasteiger partial charge is 0.300 e. The van der Waals surface area contributed by atoms with Crippen LogP contribution < -0.4 is 0 Å². The lowest BCUT2D eigenvalue weighted by atomic mass is 10.1. The molecule has 0 spiro atoms. The average molecular weight is 177 g/mol. The van der Waals surface area contributed by atoms with Crippen LogP contribution in [0.15, 0.2) is 0 Å². The number of alkyl halides is 1. The van der Waals surface area contributed by atoms with Crippen LogP contribution >= 0.6 is 11.6 Å². The molecule has 0 aliphatic heterocycles. The van der Waals surface area contributed by atoms with Gasteiger partial charge in [-0.2, -0.15) is 0 Å². The second-order valence-electron chi connectivity index (χ2n) is 2.32. The fraction of sp³-hybridized carbons (Fsp3) is 0.571. The third-order valence-corrected chi connectivity index (χ3v) is 1.61. The SMILES string of the molecule is CC(=O)CC(=O)C(Cl)C(C)=O. The minimum atomic E-state index is -1.15. The molecule has 0 saturated heterocycles. The number of carbonyl (C=O) groups excluding carboxylic acids is 3. The molecule has 4 heteroatoms. The number of carbonyl (C=O) groups is 3. The third kappa shape index (κ3) is 3.88. The number of hydrogen-bond acceptors (Lipinski definition) is 3. The van der Waals surface area contributed by atoms with E-state index in [0.717, 1.165) is 0 Å². The van der Waals surface area contributed by atoms with E-state index in [0.29, 0.717) is 0 Å². The summed E-state index contributed by atoms with van der Waals surface area (Å²) >= 11 is 5.36. The van der Waals surface area contributed by atoms with Crippen molar-refractivity contribution in [2.75, 3.05) is 0 Å². The Balaban J connectivity index is 4.04. The van der Waals surface area contributed by atoms with E-state index < -0.39 is 16.9 Å². The van der Waals surface area contributed by atoms with Gasteiger partial charge in [-0.25, -0.2) is 0 Å². The first-order chi connectivity index (χ1) is 4.95. The van der Waals surface area contributed by atoms with Gasteiger partial charge in [-0.15, -0.1) is 11.6 Å². The van der Waals surface area contributed by atoms with Crippen LogP contribution in [-0.2, 0) is 14.4 Å². The first kappa shape index (κ1) is 10.3. The van der Waals surface area contributed by atoms with Crippen LogP contribution in [0, 0.1) is 0 Å². The number of ketones is 3. The zero-order valence-electron chi connectivity index (χ0n) is 6.39. The molecular weight excluding hydrogens is 168 g/mol. The van der Waals surface area contributed by atoms with Gasteiger partial charge >= 0.3 is 0 Å². The van der Waals surface area contributed by atoms with Crippen LogP contribution in [0.1, 0.15) is 20.3 Å². The summed E-state index contributed by atoms with van der Waals surface area (Å²) in [6, 6.07) is 0. The lowest BCUT2D eigenvalue weighted by Crippen LogP contribution is -2.23. The van der Waals surface area contributed by atoms with Crippen LogP contribution in [0.25, 0.3) is 0 Å². The highest BCUT2D eigenvalue weighted by Gasteiger charge is 2.20. The molecule has 0 fully saturated rings. The van der Waals surface area contributed by atoms with Crippen LogP contribution in [-0.4, -0.2) is 22.7 Å². The van der Waals surface area contributed by atoms with Crippen molar-refractivity contribution in [3.63, 3.8) is 0 Å². The van der Waals surface area contributed by atoms with E-state index in [9.17, 15) is 14.4 Å². The van der Waals surface area contributed by atoms with Crippen LogP contribution in [0.2, 0.25) is 0 Å².